The Kier molecular flexibility index (Phi) is 11.0. The number of anilines is 1. The first-order chi connectivity index (χ1) is 3.93. The maximum atomic E-state index is 3.03. The van der Waals surface area contributed by atoms with Gasteiger partial charge in [0.15, 0.2) is 0 Å². The van der Waals surface area contributed by atoms with Gasteiger partial charge < -0.3 is 5.32 Å². The average Bonchev–Trinajstić information content (AvgIpc) is 1.90. The monoisotopic (exact) mass is 155 g/mol. The van der Waals surface area contributed by atoms with Crippen molar-refractivity contribution in [1.82, 2.24) is 0 Å². The van der Waals surface area contributed by atoms with Crippen LogP contribution in [0.5, 0.6) is 0 Å². The first-order valence-corrected chi connectivity index (χ1v) is 2.66. The summed E-state index contributed by atoms with van der Waals surface area (Å²) in [6.07, 6.45) is 0. The molecule has 0 saturated carbocycles. The van der Waals surface area contributed by atoms with Crippen LogP contribution in [0.1, 0.15) is 0 Å². The van der Waals surface area contributed by atoms with Gasteiger partial charge in [-0.3, -0.25) is 0 Å². The van der Waals surface area contributed by atoms with Crippen LogP contribution >= 0.6 is 0 Å². The third kappa shape index (κ3) is 4.78. The Morgan fingerprint density at radius 1 is 1.00 bits per heavy atom. The fraction of sp³-hybridized carbons (Fsp3) is 0.143. The van der Waals surface area contributed by atoms with Crippen LogP contribution in [-0.2, 0) is 0 Å². The predicted octanol–water partition coefficient (Wildman–Crippen LogP) is 0.431. The molecule has 0 unspecified atom stereocenters. The molecule has 0 heterocycles. The van der Waals surface area contributed by atoms with Crippen LogP contribution in [0, 0.1) is 0 Å². The van der Waals surface area contributed by atoms with Crippen LogP contribution in [0.3, 0.4) is 0 Å². The van der Waals surface area contributed by atoms with Crippen LogP contribution in [0.25, 0.3) is 0 Å². The fourth-order valence-electron chi connectivity index (χ4n) is 0.605. The first kappa shape index (κ1) is 13.6. The summed E-state index contributed by atoms with van der Waals surface area (Å²) >= 11 is 0. The van der Waals surface area contributed by atoms with Gasteiger partial charge in [-0.05, 0) is 12.1 Å². The second kappa shape index (κ2) is 8.12. The molecule has 0 fully saturated rings. The van der Waals surface area contributed by atoms with Gasteiger partial charge in [0.1, 0.15) is 0 Å². The van der Waals surface area contributed by atoms with Crippen molar-refractivity contribution in [2.24, 2.45) is 0 Å². The summed E-state index contributed by atoms with van der Waals surface area (Å²) in [7, 11) is 1.91. The standard InChI is InChI=1S/C7H9N.2Na.2H/c1-8-7-5-3-2-4-6-7;;;;/h2-6,8H,1H3;;;;. The summed E-state index contributed by atoms with van der Waals surface area (Å²) in [5, 5.41) is 3.03. The predicted molar refractivity (Wildman–Crippen MR) is 50.3 cm³/mol. The van der Waals surface area contributed by atoms with Gasteiger partial charge in [0.05, 0.1) is 0 Å². The molecule has 0 radical (unpaired) electrons. The van der Waals surface area contributed by atoms with Crippen LogP contribution in [-0.4, -0.2) is 66.2 Å². The quantitative estimate of drug-likeness (QED) is 0.580. The van der Waals surface area contributed by atoms with E-state index in [-0.39, 0.29) is 59.1 Å². The number of para-hydroxylation sites is 1. The molecule has 0 aliphatic carbocycles. The van der Waals surface area contributed by atoms with Crippen molar-refractivity contribution in [3.05, 3.63) is 30.3 Å². The SMILES string of the molecule is CNc1ccccc1.[NaH].[NaH]. The van der Waals surface area contributed by atoms with Crippen molar-refractivity contribution in [3.63, 3.8) is 0 Å². The van der Waals surface area contributed by atoms with E-state index >= 15 is 0 Å². The molecule has 0 bridgehead atoms. The zero-order valence-electron chi connectivity index (χ0n) is 4.89. The van der Waals surface area contributed by atoms with Crippen molar-refractivity contribution in [2.75, 3.05) is 12.4 Å². The number of rotatable bonds is 1. The molecule has 1 N–H and O–H groups in total. The molecule has 0 aliphatic heterocycles. The van der Waals surface area contributed by atoms with E-state index in [2.05, 4.69) is 5.32 Å². The number of nitrogens with one attached hydrogen (secondary N) is 1. The fourth-order valence-corrected chi connectivity index (χ4v) is 0.605. The van der Waals surface area contributed by atoms with Crippen LogP contribution in [0.15, 0.2) is 30.3 Å². The summed E-state index contributed by atoms with van der Waals surface area (Å²) in [5.41, 5.74) is 1.16. The molecule has 1 nitrogen and oxygen atoms in total. The Labute approximate surface area is 106 Å². The summed E-state index contributed by atoms with van der Waals surface area (Å²) in [5.74, 6) is 0. The second-order valence-corrected chi connectivity index (χ2v) is 1.62. The van der Waals surface area contributed by atoms with Gasteiger partial charge in [0.25, 0.3) is 0 Å². The Morgan fingerprint density at radius 3 is 1.80 bits per heavy atom. The van der Waals surface area contributed by atoms with Crippen LogP contribution in [0.4, 0.5) is 5.69 Å². The van der Waals surface area contributed by atoms with E-state index in [1.165, 1.54) is 0 Å². The van der Waals surface area contributed by atoms with E-state index < -0.39 is 0 Å². The van der Waals surface area contributed by atoms with Crippen molar-refractivity contribution in [2.45, 2.75) is 0 Å². The molecular formula is C7H11NNa2. The number of hydrogen-bond donors (Lipinski definition) is 1. The second-order valence-electron chi connectivity index (χ2n) is 1.62. The molecule has 1 aromatic carbocycles. The molecule has 0 aliphatic rings. The topological polar surface area (TPSA) is 12.0 Å². The summed E-state index contributed by atoms with van der Waals surface area (Å²) in [4.78, 5) is 0. The first-order valence-electron chi connectivity index (χ1n) is 2.66. The van der Waals surface area contributed by atoms with E-state index in [9.17, 15) is 0 Å². The zero-order chi connectivity index (χ0) is 5.82. The van der Waals surface area contributed by atoms with Crippen molar-refractivity contribution < 1.29 is 0 Å². The molecule has 1 aromatic rings. The molecular weight excluding hydrogens is 144 g/mol. The Balaban J connectivity index is 0. The molecule has 46 valence electrons. The van der Waals surface area contributed by atoms with Gasteiger partial charge in [0, 0.05) is 12.7 Å². The van der Waals surface area contributed by atoms with E-state index in [0.717, 1.165) is 5.69 Å². The normalized spacial score (nSPS) is 6.90. The van der Waals surface area contributed by atoms with Crippen LogP contribution < -0.4 is 5.32 Å². The minimum atomic E-state index is 0. The van der Waals surface area contributed by atoms with Gasteiger partial charge >= 0.3 is 59.1 Å². The van der Waals surface area contributed by atoms with Gasteiger partial charge in [-0.15, -0.1) is 0 Å². The molecule has 10 heavy (non-hydrogen) atoms. The third-order valence-corrected chi connectivity index (χ3v) is 1.06. The van der Waals surface area contributed by atoms with Crippen LogP contribution in [0.2, 0.25) is 0 Å². The van der Waals surface area contributed by atoms with Gasteiger partial charge in [-0.2, -0.15) is 0 Å². The van der Waals surface area contributed by atoms with Crippen molar-refractivity contribution in [1.29, 1.82) is 0 Å². The van der Waals surface area contributed by atoms with Gasteiger partial charge in [0.2, 0.25) is 0 Å². The van der Waals surface area contributed by atoms with Gasteiger partial charge in [-0.25, -0.2) is 0 Å². The molecule has 1 rings (SSSR count). The third-order valence-electron chi connectivity index (χ3n) is 1.06. The van der Waals surface area contributed by atoms with Crippen molar-refractivity contribution >= 4 is 64.8 Å². The Hall–Kier alpha value is 1.02. The Morgan fingerprint density at radius 2 is 1.50 bits per heavy atom. The summed E-state index contributed by atoms with van der Waals surface area (Å²) in [6, 6.07) is 10.1. The van der Waals surface area contributed by atoms with Crippen molar-refractivity contribution in [3.8, 4) is 0 Å². The molecule has 0 aromatic heterocycles. The summed E-state index contributed by atoms with van der Waals surface area (Å²) < 4.78 is 0. The Bertz CT molecular complexity index is 153. The van der Waals surface area contributed by atoms with E-state index in [4.69, 9.17) is 0 Å². The zero-order valence-corrected chi connectivity index (χ0v) is 4.89. The maximum absolute atomic E-state index is 3.03. The number of benzene rings is 1. The van der Waals surface area contributed by atoms with E-state index in [1.807, 2.05) is 37.4 Å². The van der Waals surface area contributed by atoms with Gasteiger partial charge in [-0.1, -0.05) is 18.2 Å². The minimum absolute atomic E-state index is 0. The van der Waals surface area contributed by atoms with E-state index in [0.29, 0.717) is 0 Å². The average molecular weight is 155 g/mol. The summed E-state index contributed by atoms with van der Waals surface area (Å²) in [6.45, 7) is 0. The molecule has 0 spiro atoms. The van der Waals surface area contributed by atoms with E-state index in [1.54, 1.807) is 0 Å². The molecule has 0 amide bonds. The number of hydrogen-bond acceptors (Lipinski definition) is 1. The molecule has 3 heteroatoms. The molecule has 0 atom stereocenters. The molecule has 0 saturated heterocycles.